The van der Waals surface area contributed by atoms with Crippen LogP contribution in [0.1, 0.15) is 30.0 Å². The molecule has 22 heavy (non-hydrogen) atoms. The number of nitrogens with zero attached hydrogens (tertiary/aromatic N) is 1. The summed E-state index contributed by atoms with van der Waals surface area (Å²) in [5.41, 5.74) is 0.884. The van der Waals surface area contributed by atoms with Crippen molar-refractivity contribution in [3.63, 3.8) is 0 Å². The largest absolute Gasteiger partial charge is 0.480 e. The van der Waals surface area contributed by atoms with Crippen molar-refractivity contribution < 1.29 is 15.0 Å². The van der Waals surface area contributed by atoms with Gasteiger partial charge in [0.1, 0.15) is 6.04 Å². The number of aliphatic hydroxyl groups is 1. The molecule has 0 aliphatic carbocycles. The number of carboxylic acid groups (broad SMARTS) is 1. The maximum Gasteiger partial charge on any atom is 0.325 e. The standard InChI is InChI=1S/C17H19NO3S/c19-16(20)15(13-6-11-22-12-13)18-9-7-17(21,8-10-18)14-4-2-1-3-5-14/h1-6,11-12,15,21H,7-10H2,(H,19,20)/t15-/m1/s1. The van der Waals surface area contributed by atoms with Gasteiger partial charge in [0, 0.05) is 13.1 Å². The molecule has 0 radical (unpaired) electrons. The number of likely N-dealkylation sites (tertiary alicyclic amines) is 1. The molecule has 1 saturated heterocycles. The smallest absolute Gasteiger partial charge is 0.325 e. The van der Waals surface area contributed by atoms with Crippen LogP contribution < -0.4 is 0 Å². The Morgan fingerprint density at radius 2 is 1.86 bits per heavy atom. The highest BCUT2D eigenvalue weighted by molar-refractivity contribution is 7.08. The Kier molecular flexibility index (Phi) is 4.29. The van der Waals surface area contributed by atoms with E-state index in [1.807, 2.05) is 52.1 Å². The Morgan fingerprint density at radius 3 is 2.41 bits per heavy atom. The highest BCUT2D eigenvalue weighted by Crippen LogP contribution is 2.36. The quantitative estimate of drug-likeness (QED) is 0.910. The molecule has 0 spiro atoms. The van der Waals surface area contributed by atoms with Crippen LogP contribution in [-0.2, 0) is 10.4 Å². The summed E-state index contributed by atoms with van der Waals surface area (Å²) in [5.74, 6) is -0.830. The van der Waals surface area contributed by atoms with Gasteiger partial charge in [-0.15, -0.1) is 0 Å². The molecule has 116 valence electrons. The first kappa shape index (κ1) is 15.2. The fourth-order valence-corrected chi connectivity index (χ4v) is 3.81. The Morgan fingerprint density at radius 1 is 1.18 bits per heavy atom. The lowest BCUT2D eigenvalue weighted by atomic mass is 9.84. The van der Waals surface area contributed by atoms with Crippen LogP contribution in [0.15, 0.2) is 47.2 Å². The van der Waals surface area contributed by atoms with Gasteiger partial charge in [-0.05, 0) is 40.8 Å². The highest BCUT2D eigenvalue weighted by Gasteiger charge is 2.38. The second-order valence-electron chi connectivity index (χ2n) is 5.73. The molecule has 2 heterocycles. The van der Waals surface area contributed by atoms with Gasteiger partial charge >= 0.3 is 5.97 Å². The molecule has 5 heteroatoms. The Bertz CT molecular complexity index is 619. The van der Waals surface area contributed by atoms with Crippen LogP contribution >= 0.6 is 11.3 Å². The maximum absolute atomic E-state index is 11.6. The molecular weight excluding hydrogens is 298 g/mol. The summed E-state index contributed by atoms with van der Waals surface area (Å²) >= 11 is 1.51. The minimum absolute atomic E-state index is 0.547. The predicted molar refractivity (Wildman–Crippen MR) is 85.8 cm³/mol. The number of carbonyl (C=O) groups is 1. The van der Waals surface area contributed by atoms with Gasteiger partial charge in [-0.3, -0.25) is 9.69 Å². The van der Waals surface area contributed by atoms with Gasteiger partial charge < -0.3 is 10.2 Å². The fraction of sp³-hybridized carbons (Fsp3) is 0.353. The average molecular weight is 317 g/mol. The van der Waals surface area contributed by atoms with Gasteiger partial charge in [-0.2, -0.15) is 11.3 Å². The summed E-state index contributed by atoms with van der Waals surface area (Å²) in [6, 6.07) is 10.9. The van der Waals surface area contributed by atoms with Crippen molar-refractivity contribution in [3.8, 4) is 0 Å². The van der Waals surface area contributed by atoms with Gasteiger partial charge in [0.2, 0.25) is 0 Å². The molecular formula is C17H19NO3S. The van der Waals surface area contributed by atoms with E-state index < -0.39 is 17.6 Å². The number of aliphatic carboxylic acids is 1. The summed E-state index contributed by atoms with van der Waals surface area (Å²) in [4.78, 5) is 13.6. The molecule has 4 nitrogen and oxygen atoms in total. The lowest BCUT2D eigenvalue weighted by Crippen LogP contribution is -2.45. The summed E-state index contributed by atoms with van der Waals surface area (Å²) in [6.07, 6.45) is 1.09. The minimum Gasteiger partial charge on any atom is -0.480 e. The molecule has 1 aliphatic heterocycles. The third kappa shape index (κ3) is 2.92. The van der Waals surface area contributed by atoms with E-state index in [9.17, 15) is 15.0 Å². The number of carboxylic acids is 1. The third-order valence-corrected chi connectivity index (χ3v) is 5.10. The third-order valence-electron chi connectivity index (χ3n) is 4.39. The van der Waals surface area contributed by atoms with E-state index in [-0.39, 0.29) is 0 Å². The number of hydrogen-bond acceptors (Lipinski definition) is 4. The van der Waals surface area contributed by atoms with Crippen LogP contribution in [0.3, 0.4) is 0 Å². The van der Waals surface area contributed by atoms with Crippen LogP contribution in [0.2, 0.25) is 0 Å². The van der Waals surface area contributed by atoms with E-state index in [1.54, 1.807) is 0 Å². The van der Waals surface area contributed by atoms with Crippen LogP contribution in [0.5, 0.6) is 0 Å². The highest BCUT2D eigenvalue weighted by atomic mass is 32.1. The lowest BCUT2D eigenvalue weighted by Gasteiger charge is -2.40. The number of piperidine rings is 1. The number of benzene rings is 1. The van der Waals surface area contributed by atoms with E-state index in [0.29, 0.717) is 25.9 Å². The normalized spacial score (nSPS) is 19.7. The van der Waals surface area contributed by atoms with Crippen LogP contribution in [0, 0.1) is 0 Å². The van der Waals surface area contributed by atoms with E-state index in [4.69, 9.17) is 0 Å². The first-order chi connectivity index (χ1) is 10.6. The summed E-state index contributed by atoms with van der Waals surface area (Å²) in [5, 5.41) is 24.2. The van der Waals surface area contributed by atoms with Crippen molar-refractivity contribution in [2.45, 2.75) is 24.5 Å². The molecule has 1 aliphatic rings. The van der Waals surface area contributed by atoms with Gasteiger partial charge in [0.15, 0.2) is 0 Å². The molecule has 1 aromatic carbocycles. The first-order valence-electron chi connectivity index (χ1n) is 7.37. The lowest BCUT2D eigenvalue weighted by molar-refractivity contribution is -0.145. The van der Waals surface area contributed by atoms with Crippen molar-refractivity contribution in [3.05, 3.63) is 58.3 Å². The molecule has 0 bridgehead atoms. The van der Waals surface area contributed by atoms with Crippen LogP contribution in [0.25, 0.3) is 0 Å². The monoisotopic (exact) mass is 317 g/mol. The van der Waals surface area contributed by atoms with Gasteiger partial charge in [-0.1, -0.05) is 30.3 Å². The zero-order valence-corrected chi connectivity index (χ0v) is 13.0. The molecule has 0 saturated carbocycles. The minimum atomic E-state index is -0.852. The average Bonchev–Trinajstić information content (AvgIpc) is 3.04. The molecule has 3 rings (SSSR count). The molecule has 1 fully saturated rings. The Balaban J connectivity index is 1.75. The summed E-state index contributed by atoms with van der Waals surface area (Å²) in [7, 11) is 0. The Labute approximate surface area is 133 Å². The number of thiophene rings is 1. The van der Waals surface area contributed by atoms with Crippen LogP contribution in [-0.4, -0.2) is 34.2 Å². The van der Waals surface area contributed by atoms with Crippen molar-refractivity contribution >= 4 is 17.3 Å². The van der Waals surface area contributed by atoms with Crippen molar-refractivity contribution in [2.24, 2.45) is 0 Å². The van der Waals surface area contributed by atoms with Crippen molar-refractivity contribution in [1.29, 1.82) is 0 Å². The molecule has 1 aromatic heterocycles. The number of rotatable bonds is 4. The van der Waals surface area contributed by atoms with Gasteiger partial charge in [0.25, 0.3) is 0 Å². The topological polar surface area (TPSA) is 60.8 Å². The Hall–Kier alpha value is -1.69. The van der Waals surface area contributed by atoms with E-state index in [2.05, 4.69) is 0 Å². The van der Waals surface area contributed by atoms with E-state index in [1.165, 1.54) is 11.3 Å². The zero-order chi connectivity index (χ0) is 15.6. The maximum atomic E-state index is 11.6. The zero-order valence-electron chi connectivity index (χ0n) is 12.2. The first-order valence-corrected chi connectivity index (χ1v) is 8.31. The van der Waals surface area contributed by atoms with E-state index in [0.717, 1.165) is 11.1 Å². The summed E-state index contributed by atoms with van der Waals surface area (Å²) < 4.78 is 0. The van der Waals surface area contributed by atoms with Gasteiger partial charge in [-0.25, -0.2) is 0 Å². The molecule has 2 N–H and O–H groups in total. The number of hydrogen-bond donors (Lipinski definition) is 2. The predicted octanol–water partition coefficient (Wildman–Crippen LogP) is 2.86. The molecule has 0 unspecified atom stereocenters. The fourth-order valence-electron chi connectivity index (χ4n) is 3.13. The molecule has 1 atom stereocenters. The second kappa shape index (κ2) is 6.20. The van der Waals surface area contributed by atoms with Crippen LogP contribution in [0.4, 0.5) is 0 Å². The summed E-state index contributed by atoms with van der Waals surface area (Å²) in [6.45, 7) is 1.14. The molecule has 0 amide bonds. The van der Waals surface area contributed by atoms with Crippen molar-refractivity contribution in [2.75, 3.05) is 13.1 Å². The molecule has 2 aromatic rings. The van der Waals surface area contributed by atoms with E-state index >= 15 is 0 Å². The second-order valence-corrected chi connectivity index (χ2v) is 6.51. The van der Waals surface area contributed by atoms with Crippen molar-refractivity contribution in [1.82, 2.24) is 4.90 Å². The SMILES string of the molecule is O=C(O)[C@@H](c1ccsc1)N1CCC(O)(c2ccccc2)CC1. The van der Waals surface area contributed by atoms with Gasteiger partial charge in [0.05, 0.1) is 5.60 Å².